The number of hydrogen-bond donors (Lipinski definition) is 1. The maximum absolute atomic E-state index is 13.6. The SMILES string of the molecule is CC(C)CC[C@@]1(C2CCN(C(=O)[C@@H]3C[C@@H]4C=C[C@H]3C4)CC2)NC(=O)N(CCN(C)C)C1=O. The molecule has 2 aliphatic heterocycles. The molecule has 0 unspecified atom stereocenters. The topological polar surface area (TPSA) is 73.0 Å². The smallest absolute Gasteiger partial charge is 0.325 e. The van der Waals surface area contributed by atoms with E-state index in [1.165, 1.54) is 4.90 Å². The number of piperidine rings is 1. The van der Waals surface area contributed by atoms with E-state index in [0.717, 1.165) is 32.1 Å². The number of likely N-dealkylation sites (tertiary alicyclic amines) is 1. The number of carbonyl (C=O) groups is 3. The first kappa shape index (κ1) is 23.3. The Kier molecular flexibility index (Phi) is 6.66. The Morgan fingerprint density at radius 3 is 2.47 bits per heavy atom. The molecule has 4 aliphatic rings. The third-order valence-electron chi connectivity index (χ3n) is 8.19. The molecule has 7 heteroatoms. The molecule has 0 aromatic carbocycles. The summed E-state index contributed by atoms with van der Waals surface area (Å²) in [5.74, 6) is 1.92. The highest BCUT2D eigenvalue weighted by Crippen LogP contribution is 2.45. The summed E-state index contributed by atoms with van der Waals surface area (Å²) in [7, 11) is 3.90. The third kappa shape index (κ3) is 4.33. The maximum atomic E-state index is 13.6. The van der Waals surface area contributed by atoms with Crippen LogP contribution >= 0.6 is 0 Å². The average molecular weight is 445 g/mol. The molecule has 1 saturated carbocycles. The van der Waals surface area contributed by atoms with Gasteiger partial charge in [-0.05, 0) is 76.3 Å². The largest absolute Gasteiger partial charge is 0.342 e. The molecule has 2 bridgehead atoms. The van der Waals surface area contributed by atoms with Gasteiger partial charge in [0.05, 0.1) is 0 Å². The average Bonchev–Trinajstić information content (AvgIpc) is 3.45. The van der Waals surface area contributed by atoms with Crippen molar-refractivity contribution in [1.82, 2.24) is 20.0 Å². The minimum Gasteiger partial charge on any atom is -0.342 e. The summed E-state index contributed by atoms with van der Waals surface area (Å²) in [5.41, 5.74) is -0.821. The quantitative estimate of drug-likeness (QED) is 0.462. The van der Waals surface area contributed by atoms with Gasteiger partial charge in [0, 0.05) is 32.1 Å². The maximum Gasteiger partial charge on any atom is 0.325 e. The fourth-order valence-corrected chi connectivity index (χ4v) is 6.21. The molecular formula is C25H40N4O3. The van der Waals surface area contributed by atoms with Crippen molar-refractivity contribution < 1.29 is 14.4 Å². The standard InChI is InChI=1S/C25H40N4O3/c1-17(2)7-10-25(23(31)29(24(32)26-25)14-13-27(3)4)20-8-11-28(12-9-20)22(30)21-16-18-5-6-19(21)15-18/h5-6,17-21H,7-16H2,1-4H3,(H,26,32)/t18-,19+,21-,25+/m1/s1. The lowest BCUT2D eigenvalue weighted by Gasteiger charge is -2.42. The van der Waals surface area contributed by atoms with Crippen LogP contribution in [0, 0.1) is 29.6 Å². The van der Waals surface area contributed by atoms with Crippen molar-refractivity contribution >= 4 is 17.8 Å². The molecule has 0 aromatic rings. The normalized spacial score (nSPS) is 32.6. The number of amides is 4. The highest BCUT2D eigenvalue weighted by atomic mass is 16.2. The lowest BCUT2D eigenvalue weighted by Crippen LogP contribution is -2.57. The summed E-state index contributed by atoms with van der Waals surface area (Å²) in [6, 6.07) is -0.257. The monoisotopic (exact) mass is 444 g/mol. The first-order valence-corrected chi connectivity index (χ1v) is 12.5. The zero-order valence-electron chi connectivity index (χ0n) is 20.2. The number of nitrogens with zero attached hydrogens (tertiary/aromatic N) is 3. The summed E-state index contributed by atoms with van der Waals surface area (Å²) in [4.78, 5) is 45.0. The van der Waals surface area contributed by atoms with Gasteiger partial charge in [0.1, 0.15) is 5.54 Å². The molecule has 4 rings (SSSR count). The molecule has 4 amide bonds. The summed E-state index contributed by atoms with van der Waals surface area (Å²) in [6.07, 6.45) is 9.74. The van der Waals surface area contributed by atoms with E-state index < -0.39 is 5.54 Å². The van der Waals surface area contributed by atoms with Crippen molar-refractivity contribution in [2.24, 2.45) is 29.6 Å². The predicted molar refractivity (Wildman–Crippen MR) is 124 cm³/mol. The molecule has 2 heterocycles. The molecule has 1 N–H and O–H groups in total. The van der Waals surface area contributed by atoms with Crippen molar-refractivity contribution in [1.29, 1.82) is 0 Å². The van der Waals surface area contributed by atoms with E-state index in [4.69, 9.17) is 0 Å². The minimum absolute atomic E-state index is 0.0620. The Balaban J connectivity index is 1.44. The first-order valence-electron chi connectivity index (χ1n) is 12.5. The van der Waals surface area contributed by atoms with Gasteiger partial charge in [-0.15, -0.1) is 0 Å². The Morgan fingerprint density at radius 1 is 1.19 bits per heavy atom. The Morgan fingerprint density at radius 2 is 1.91 bits per heavy atom. The third-order valence-corrected chi connectivity index (χ3v) is 8.19. The summed E-state index contributed by atoms with van der Waals surface area (Å²) in [6.45, 7) is 6.75. The van der Waals surface area contributed by atoms with Crippen LogP contribution in [-0.2, 0) is 9.59 Å². The molecule has 7 nitrogen and oxygen atoms in total. The summed E-state index contributed by atoms with van der Waals surface area (Å²) >= 11 is 0. The Bertz CT molecular complexity index is 771. The van der Waals surface area contributed by atoms with Crippen LogP contribution in [0.4, 0.5) is 4.79 Å². The van der Waals surface area contributed by atoms with Crippen molar-refractivity contribution in [2.75, 3.05) is 40.3 Å². The van der Waals surface area contributed by atoms with E-state index in [1.54, 1.807) is 0 Å². The number of carbonyl (C=O) groups excluding carboxylic acids is 3. The second-order valence-electron chi connectivity index (χ2n) is 11.1. The number of imide groups is 1. The Labute approximate surface area is 192 Å². The highest BCUT2D eigenvalue weighted by Gasteiger charge is 2.55. The molecule has 0 spiro atoms. The van der Waals surface area contributed by atoms with Gasteiger partial charge in [-0.1, -0.05) is 26.0 Å². The fourth-order valence-electron chi connectivity index (χ4n) is 6.21. The number of allylic oxidation sites excluding steroid dienone is 2. The molecule has 4 atom stereocenters. The van der Waals surface area contributed by atoms with Gasteiger partial charge in [0.2, 0.25) is 5.91 Å². The van der Waals surface area contributed by atoms with Crippen LogP contribution in [0.15, 0.2) is 12.2 Å². The molecule has 3 fully saturated rings. The fraction of sp³-hybridized carbons (Fsp3) is 0.800. The number of nitrogens with one attached hydrogen (secondary N) is 1. The molecule has 2 saturated heterocycles. The van der Waals surface area contributed by atoms with Crippen LogP contribution in [0.2, 0.25) is 0 Å². The zero-order valence-corrected chi connectivity index (χ0v) is 20.2. The molecule has 2 aliphatic carbocycles. The van der Waals surface area contributed by atoms with Crippen LogP contribution < -0.4 is 5.32 Å². The van der Waals surface area contributed by atoms with Crippen LogP contribution in [-0.4, -0.2) is 78.4 Å². The molecule has 178 valence electrons. The lowest BCUT2D eigenvalue weighted by atomic mass is 9.73. The second kappa shape index (κ2) is 9.16. The van der Waals surface area contributed by atoms with Crippen LogP contribution in [0.25, 0.3) is 0 Å². The number of fused-ring (bicyclic) bond motifs is 2. The first-order chi connectivity index (χ1) is 15.2. The zero-order chi connectivity index (χ0) is 23.0. The Hall–Kier alpha value is -1.89. The van der Waals surface area contributed by atoms with E-state index in [2.05, 4.69) is 31.3 Å². The van der Waals surface area contributed by atoms with Gasteiger partial charge < -0.3 is 15.1 Å². The number of hydrogen-bond acceptors (Lipinski definition) is 4. The van der Waals surface area contributed by atoms with Gasteiger partial charge >= 0.3 is 6.03 Å². The van der Waals surface area contributed by atoms with E-state index in [1.807, 2.05) is 23.9 Å². The van der Waals surface area contributed by atoms with E-state index in [9.17, 15) is 14.4 Å². The minimum atomic E-state index is -0.821. The van der Waals surface area contributed by atoms with Crippen molar-refractivity contribution in [3.63, 3.8) is 0 Å². The predicted octanol–water partition coefficient (Wildman–Crippen LogP) is 2.73. The number of rotatable bonds is 8. The molecule has 0 radical (unpaired) electrons. The van der Waals surface area contributed by atoms with Gasteiger partial charge in [-0.25, -0.2) is 4.79 Å². The van der Waals surface area contributed by atoms with E-state index in [0.29, 0.717) is 56.3 Å². The van der Waals surface area contributed by atoms with Gasteiger partial charge in [0.15, 0.2) is 0 Å². The number of likely N-dealkylation sites (N-methyl/N-ethyl adjacent to an activating group) is 1. The van der Waals surface area contributed by atoms with E-state index >= 15 is 0 Å². The van der Waals surface area contributed by atoms with Gasteiger partial charge in [-0.3, -0.25) is 14.5 Å². The van der Waals surface area contributed by atoms with Crippen molar-refractivity contribution in [3.8, 4) is 0 Å². The molecular weight excluding hydrogens is 404 g/mol. The van der Waals surface area contributed by atoms with Crippen LogP contribution in [0.3, 0.4) is 0 Å². The second-order valence-corrected chi connectivity index (χ2v) is 11.1. The molecule has 0 aromatic heterocycles. The number of urea groups is 1. The lowest BCUT2D eigenvalue weighted by molar-refractivity contribution is -0.139. The van der Waals surface area contributed by atoms with Crippen LogP contribution in [0.1, 0.15) is 52.4 Å². The highest BCUT2D eigenvalue weighted by molar-refractivity contribution is 6.07. The van der Waals surface area contributed by atoms with E-state index in [-0.39, 0.29) is 23.8 Å². The van der Waals surface area contributed by atoms with Crippen LogP contribution in [0.5, 0.6) is 0 Å². The summed E-state index contributed by atoms with van der Waals surface area (Å²) < 4.78 is 0. The molecule has 32 heavy (non-hydrogen) atoms. The summed E-state index contributed by atoms with van der Waals surface area (Å²) in [5, 5.41) is 3.14. The van der Waals surface area contributed by atoms with Gasteiger partial charge in [0.25, 0.3) is 5.91 Å². The van der Waals surface area contributed by atoms with Gasteiger partial charge in [-0.2, -0.15) is 0 Å². The van der Waals surface area contributed by atoms with Crippen molar-refractivity contribution in [3.05, 3.63) is 12.2 Å². The van der Waals surface area contributed by atoms with Crippen molar-refractivity contribution in [2.45, 2.75) is 57.9 Å².